The number of aromatic nitrogens is 2. The predicted octanol–water partition coefficient (Wildman–Crippen LogP) is 3.77. The molecule has 0 aliphatic rings. The molecule has 5 nitrogen and oxygen atoms in total. The van der Waals surface area contributed by atoms with Crippen LogP contribution in [0.2, 0.25) is 0 Å². The Morgan fingerprint density at radius 2 is 1.38 bits per heavy atom. The summed E-state index contributed by atoms with van der Waals surface area (Å²) in [6, 6.07) is 11.7. The molecule has 2 aromatic heterocycles. The van der Waals surface area contributed by atoms with E-state index in [0.717, 1.165) is 0 Å². The lowest BCUT2D eigenvalue weighted by molar-refractivity contribution is 0.409. The fraction of sp³-hybridized carbons (Fsp3) is 0. The van der Waals surface area contributed by atoms with Crippen molar-refractivity contribution in [2.45, 2.75) is 0 Å². The van der Waals surface area contributed by atoms with E-state index in [0.29, 0.717) is 23.0 Å². The van der Waals surface area contributed by atoms with E-state index in [4.69, 9.17) is 9.47 Å². The molecule has 5 heteroatoms. The van der Waals surface area contributed by atoms with E-state index in [1.807, 2.05) is 0 Å². The van der Waals surface area contributed by atoms with Crippen molar-refractivity contribution in [3.8, 4) is 28.7 Å². The average Bonchev–Trinajstić information content (AvgIpc) is 2.52. The molecule has 0 radical (unpaired) electrons. The largest absolute Gasteiger partial charge is 0.508 e. The lowest BCUT2D eigenvalue weighted by atomic mass is 10.3. The van der Waals surface area contributed by atoms with Gasteiger partial charge < -0.3 is 14.6 Å². The Morgan fingerprint density at radius 3 is 1.95 bits per heavy atom. The SMILES string of the molecule is Oc1ccc(Oc2cccnc2)c(Oc2cccnc2)c1. The van der Waals surface area contributed by atoms with Crippen molar-refractivity contribution >= 4 is 0 Å². The van der Waals surface area contributed by atoms with Crippen molar-refractivity contribution in [1.82, 2.24) is 9.97 Å². The normalized spacial score (nSPS) is 10.1. The Balaban J connectivity index is 1.90. The Hall–Kier alpha value is -3.08. The number of pyridine rings is 2. The van der Waals surface area contributed by atoms with Gasteiger partial charge in [-0.25, -0.2) is 0 Å². The number of benzene rings is 1. The maximum Gasteiger partial charge on any atom is 0.173 e. The standard InChI is InChI=1S/C16H12N2O3/c19-12-5-6-15(20-13-3-1-7-17-10-13)16(9-12)21-14-4-2-8-18-11-14/h1-11,19H. The van der Waals surface area contributed by atoms with Crippen LogP contribution in [0.1, 0.15) is 0 Å². The second-order valence-electron chi connectivity index (χ2n) is 4.21. The van der Waals surface area contributed by atoms with Gasteiger partial charge in [0.1, 0.15) is 17.2 Å². The fourth-order valence-corrected chi connectivity index (χ4v) is 1.73. The van der Waals surface area contributed by atoms with Gasteiger partial charge in [0.05, 0.1) is 12.4 Å². The minimum absolute atomic E-state index is 0.0902. The first kappa shape index (κ1) is 12.9. The topological polar surface area (TPSA) is 64.5 Å². The number of hydrogen-bond acceptors (Lipinski definition) is 5. The molecule has 2 heterocycles. The maximum absolute atomic E-state index is 9.62. The summed E-state index contributed by atoms with van der Waals surface area (Å²) in [7, 11) is 0. The number of nitrogens with zero attached hydrogens (tertiary/aromatic N) is 2. The summed E-state index contributed by atoms with van der Waals surface area (Å²) in [6.07, 6.45) is 6.50. The van der Waals surface area contributed by atoms with Crippen LogP contribution in [0, 0.1) is 0 Å². The summed E-state index contributed by atoms with van der Waals surface area (Å²) in [6.45, 7) is 0. The first-order valence-corrected chi connectivity index (χ1v) is 6.30. The fourth-order valence-electron chi connectivity index (χ4n) is 1.73. The van der Waals surface area contributed by atoms with Crippen LogP contribution in [0.15, 0.2) is 67.3 Å². The lowest BCUT2D eigenvalue weighted by Gasteiger charge is -2.12. The Labute approximate surface area is 121 Å². The number of hydrogen-bond donors (Lipinski definition) is 1. The van der Waals surface area contributed by atoms with Crippen LogP contribution in [0.5, 0.6) is 28.7 Å². The number of ether oxygens (including phenoxy) is 2. The van der Waals surface area contributed by atoms with Gasteiger partial charge in [-0.1, -0.05) is 0 Å². The van der Waals surface area contributed by atoms with Gasteiger partial charge in [-0.15, -0.1) is 0 Å². The van der Waals surface area contributed by atoms with Gasteiger partial charge in [-0.3, -0.25) is 9.97 Å². The molecule has 0 unspecified atom stereocenters. The molecule has 21 heavy (non-hydrogen) atoms. The molecule has 1 N–H and O–H groups in total. The highest BCUT2D eigenvalue weighted by Gasteiger charge is 2.09. The monoisotopic (exact) mass is 280 g/mol. The third-order valence-corrected chi connectivity index (χ3v) is 2.65. The van der Waals surface area contributed by atoms with E-state index in [2.05, 4.69) is 9.97 Å². The molecule has 0 saturated carbocycles. The van der Waals surface area contributed by atoms with Crippen LogP contribution in [0.4, 0.5) is 0 Å². The van der Waals surface area contributed by atoms with Crippen LogP contribution >= 0.6 is 0 Å². The smallest absolute Gasteiger partial charge is 0.173 e. The van der Waals surface area contributed by atoms with Gasteiger partial charge in [-0.05, 0) is 36.4 Å². The van der Waals surface area contributed by atoms with Gasteiger partial charge in [0, 0.05) is 18.5 Å². The maximum atomic E-state index is 9.62. The van der Waals surface area contributed by atoms with E-state index in [9.17, 15) is 5.11 Å². The van der Waals surface area contributed by atoms with Crippen LogP contribution in [0.25, 0.3) is 0 Å². The molecular weight excluding hydrogens is 268 g/mol. The molecule has 0 spiro atoms. The van der Waals surface area contributed by atoms with E-state index >= 15 is 0 Å². The molecule has 0 atom stereocenters. The minimum atomic E-state index is 0.0902. The third-order valence-electron chi connectivity index (χ3n) is 2.65. The van der Waals surface area contributed by atoms with Crippen molar-refractivity contribution in [2.24, 2.45) is 0 Å². The Kier molecular flexibility index (Phi) is 3.64. The first-order valence-electron chi connectivity index (χ1n) is 6.30. The van der Waals surface area contributed by atoms with Crippen LogP contribution in [-0.2, 0) is 0 Å². The highest BCUT2D eigenvalue weighted by molar-refractivity contribution is 5.48. The number of phenols is 1. The molecule has 0 bridgehead atoms. The van der Waals surface area contributed by atoms with Crippen molar-refractivity contribution in [3.63, 3.8) is 0 Å². The van der Waals surface area contributed by atoms with Gasteiger partial charge in [-0.2, -0.15) is 0 Å². The van der Waals surface area contributed by atoms with E-state index in [1.54, 1.807) is 55.1 Å². The predicted molar refractivity (Wildman–Crippen MR) is 76.7 cm³/mol. The molecule has 1 aromatic carbocycles. The summed E-state index contributed by atoms with van der Waals surface area (Å²) < 4.78 is 11.4. The molecule has 3 aromatic rings. The molecule has 0 amide bonds. The number of phenolic OH excluding ortho intramolecular Hbond substituents is 1. The van der Waals surface area contributed by atoms with Gasteiger partial charge in [0.15, 0.2) is 11.5 Å². The van der Waals surface area contributed by atoms with Crippen molar-refractivity contribution in [3.05, 3.63) is 67.3 Å². The molecule has 3 rings (SSSR count). The Bertz CT molecular complexity index is 718. The second kappa shape index (κ2) is 5.92. The van der Waals surface area contributed by atoms with Crippen molar-refractivity contribution in [2.75, 3.05) is 0 Å². The highest BCUT2D eigenvalue weighted by atomic mass is 16.5. The van der Waals surface area contributed by atoms with Crippen molar-refractivity contribution in [1.29, 1.82) is 0 Å². The zero-order valence-corrected chi connectivity index (χ0v) is 11.0. The number of aromatic hydroxyl groups is 1. The summed E-state index contributed by atoms with van der Waals surface area (Å²) in [4.78, 5) is 7.97. The molecular formula is C16H12N2O3. The van der Waals surface area contributed by atoms with E-state index in [-0.39, 0.29) is 5.75 Å². The van der Waals surface area contributed by atoms with Crippen molar-refractivity contribution < 1.29 is 14.6 Å². The molecule has 0 fully saturated rings. The van der Waals surface area contributed by atoms with E-state index in [1.165, 1.54) is 12.1 Å². The summed E-state index contributed by atoms with van der Waals surface area (Å²) in [5, 5.41) is 9.62. The van der Waals surface area contributed by atoms with Gasteiger partial charge in [0.2, 0.25) is 0 Å². The zero-order chi connectivity index (χ0) is 14.5. The number of rotatable bonds is 4. The first-order chi connectivity index (χ1) is 10.3. The van der Waals surface area contributed by atoms with Crippen LogP contribution in [-0.4, -0.2) is 15.1 Å². The molecule has 0 aliphatic carbocycles. The quantitative estimate of drug-likeness (QED) is 0.788. The second-order valence-corrected chi connectivity index (χ2v) is 4.21. The van der Waals surface area contributed by atoms with Crippen LogP contribution < -0.4 is 9.47 Å². The van der Waals surface area contributed by atoms with E-state index < -0.39 is 0 Å². The highest BCUT2D eigenvalue weighted by Crippen LogP contribution is 2.36. The lowest BCUT2D eigenvalue weighted by Crippen LogP contribution is -1.91. The third kappa shape index (κ3) is 3.27. The zero-order valence-electron chi connectivity index (χ0n) is 11.0. The summed E-state index contributed by atoms with van der Waals surface area (Å²) in [5.74, 6) is 2.10. The Morgan fingerprint density at radius 1 is 0.762 bits per heavy atom. The summed E-state index contributed by atoms with van der Waals surface area (Å²) >= 11 is 0. The van der Waals surface area contributed by atoms with Gasteiger partial charge >= 0.3 is 0 Å². The average molecular weight is 280 g/mol. The molecule has 0 saturated heterocycles. The summed E-state index contributed by atoms with van der Waals surface area (Å²) in [5.41, 5.74) is 0. The molecule has 0 aliphatic heterocycles. The van der Waals surface area contributed by atoms with Gasteiger partial charge in [0.25, 0.3) is 0 Å². The molecule has 104 valence electrons. The minimum Gasteiger partial charge on any atom is -0.508 e. The van der Waals surface area contributed by atoms with Crippen LogP contribution in [0.3, 0.4) is 0 Å².